The quantitative estimate of drug-likeness (QED) is 0.399. The Labute approximate surface area is 88.8 Å². The fourth-order valence-electron chi connectivity index (χ4n) is 0.227. The number of hydrogen-bond donors (Lipinski definition) is 3. The number of hydrogen-bond acceptors (Lipinski definition) is 3. The van der Waals surface area contributed by atoms with Crippen LogP contribution in [0.2, 0.25) is 0 Å². The molecule has 0 spiro atoms. The minimum Gasteiger partial charge on any atom is -0.478 e. The van der Waals surface area contributed by atoms with Gasteiger partial charge in [0.15, 0.2) is 0 Å². The zero-order valence-electron chi connectivity index (χ0n) is 8.55. The molecule has 0 amide bonds. The predicted octanol–water partition coefficient (Wildman–Crippen LogP) is 1.23. The third-order valence-electron chi connectivity index (χ3n) is 1.27. The molecule has 4 nitrogen and oxygen atoms in total. The molecule has 0 aliphatic carbocycles. The first kappa shape index (κ1) is 17.3. The van der Waals surface area contributed by atoms with Crippen LogP contribution in [0.5, 0.6) is 0 Å². The highest BCUT2D eigenvalue weighted by Gasteiger charge is 2.57. The number of rotatable bonds is 3. The van der Waals surface area contributed by atoms with Gasteiger partial charge in [-0.25, -0.2) is 13.6 Å². The number of carboxylic acid groups (broad SMARTS) is 1. The molecule has 0 atom stereocenters. The highest BCUT2D eigenvalue weighted by molar-refractivity contribution is 5.84. The van der Waals surface area contributed by atoms with E-state index in [-0.39, 0.29) is 12.5 Å². The van der Waals surface area contributed by atoms with Crippen LogP contribution in [0.1, 0.15) is 13.8 Å². The second kappa shape index (κ2) is 5.80. The third-order valence-corrected chi connectivity index (χ3v) is 1.27. The van der Waals surface area contributed by atoms with Crippen LogP contribution >= 0.6 is 0 Å². The van der Waals surface area contributed by atoms with Crippen LogP contribution in [0.3, 0.4) is 0 Å². The molecular weight excluding hydrogens is 236 g/mol. The number of aliphatic hydroxyl groups excluding tert-OH is 1. The molecule has 0 radical (unpaired) electrons. The summed E-state index contributed by atoms with van der Waals surface area (Å²) in [6.45, 7) is 4.51. The lowest BCUT2D eigenvalue weighted by atomic mass is 10.2. The number of carbonyl (C=O) groups is 1. The minimum absolute atomic E-state index is 0.0908. The van der Waals surface area contributed by atoms with Gasteiger partial charge in [-0.3, -0.25) is 0 Å². The summed E-state index contributed by atoms with van der Waals surface area (Å²) in [5.41, 5.74) is 0.176. The molecule has 0 aliphatic heterocycles. The van der Waals surface area contributed by atoms with Crippen molar-refractivity contribution in [3.63, 3.8) is 0 Å². The van der Waals surface area contributed by atoms with E-state index in [9.17, 15) is 22.4 Å². The summed E-state index contributed by atoms with van der Waals surface area (Å²) < 4.78 is 47.0. The molecule has 0 aromatic carbocycles. The zero-order valence-corrected chi connectivity index (χ0v) is 8.55. The molecular formula is C8H12F4O4. The number of aliphatic carboxylic acids is 1. The average molecular weight is 248 g/mol. The molecule has 0 aromatic rings. The summed E-state index contributed by atoms with van der Waals surface area (Å²) in [5.74, 6) is -10.1. The van der Waals surface area contributed by atoms with Crippen molar-refractivity contribution in [3.8, 4) is 0 Å². The van der Waals surface area contributed by atoms with Crippen LogP contribution < -0.4 is 0 Å². The molecule has 8 heteroatoms. The SMILES string of the molecule is C=C(C)C(=O)O.CC(F)(F)C(F)(F)C(O)O. The Morgan fingerprint density at radius 3 is 1.50 bits per heavy atom. The topological polar surface area (TPSA) is 77.8 Å². The maximum atomic E-state index is 11.8. The Morgan fingerprint density at radius 1 is 1.25 bits per heavy atom. The predicted molar refractivity (Wildman–Crippen MR) is 46.2 cm³/mol. The van der Waals surface area contributed by atoms with E-state index in [4.69, 9.17) is 15.3 Å². The maximum absolute atomic E-state index is 11.8. The lowest BCUT2D eigenvalue weighted by molar-refractivity contribution is -0.296. The largest absolute Gasteiger partial charge is 0.478 e. The minimum atomic E-state index is -4.78. The lowest BCUT2D eigenvalue weighted by Gasteiger charge is -2.23. The van der Waals surface area contributed by atoms with Gasteiger partial charge in [-0.05, 0) is 6.92 Å². The van der Waals surface area contributed by atoms with E-state index >= 15 is 0 Å². The van der Waals surface area contributed by atoms with E-state index in [1.807, 2.05) is 0 Å². The van der Waals surface area contributed by atoms with Gasteiger partial charge < -0.3 is 15.3 Å². The molecule has 3 N–H and O–H groups in total. The molecule has 16 heavy (non-hydrogen) atoms. The first-order chi connectivity index (χ1) is 6.84. The summed E-state index contributed by atoms with van der Waals surface area (Å²) in [6, 6.07) is 0. The Balaban J connectivity index is 0. The van der Waals surface area contributed by atoms with Gasteiger partial charge in [-0.2, -0.15) is 8.78 Å². The van der Waals surface area contributed by atoms with Crippen LogP contribution in [0.15, 0.2) is 12.2 Å². The highest BCUT2D eigenvalue weighted by Crippen LogP contribution is 2.35. The first-order valence-electron chi connectivity index (χ1n) is 3.84. The van der Waals surface area contributed by atoms with Gasteiger partial charge in [0.1, 0.15) is 0 Å². The fourth-order valence-corrected chi connectivity index (χ4v) is 0.227. The van der Waals surface area contributed by atoms with Gasteiger partial charge in [0.25, 0.3) is 0 Å². The van der Waals surface area contributed by atoms with Crippen molar-refractivity contribution < 1.29 is 37.7 Å². The summed E-state index contributed by atoms with van der Waals surface area (Å²) in [7, 11) is 0. The van der Waals surface area contributed by atoms with Crippen LogP contribution in [-0.4, -0.2) is 39.4 Å². The number of aliphatic hydroxyl groups is 2. The molecule has 0 unspecified atom stereocenters. The summed E-state index contributed by atoms with van der Waals surface area (Å²) in [5, 5.41) is 23.4. The van der Waals surface area contributed by atoms with Crippen LogP contribution in [0.4, 0.5) is 17.6 Å². The van der Waals surface area contributed by atoms with Crippen molar-refractivity contribution in [2.45, 2.75) is 32.0 Å². The molecule has 0 fully saturated rings. The normalized spacial score (nSPS) is 11.8. The van der Waals surface area contributed by atoms with E-state index in [2.05, 4.69) is 6.58 Å². The maximum Gasteiger partial charge on any atom is 0.358 e. The van der Waals surface area contributed by atoms with E-state index < -0.39 is 24.1 Å². The van der Waals surface area contributed by atoms with E-state index in [1.54, 1.807) is 0 Å². The average Bonchev–Trinajstić information content (AvgIpc) is 2.02. The van der Waals surface area contributed by atoms with Gasteiger partial charge in [0, 0.05) is 12.5 Å². The Bertz CT molecular complexity index is 245. The van der Waals surface area contributed by atoms with Crippen molar-refractivity contribution >= 4 is 5.97 Å². The van der Waals surface area contributed by atoms with Crippen molar-refractivity contribution in [2.75, 3.05) is 0 Å². The molecule has 0 aliphatic rings. The van der Waals surface area contributed by atoms with Gasteiger partial charge >= 0.3 is 17.8 Å². The van der Waals surface area contributed by atoms with Crippen molar-refractivity contribution in [3.05, 3.63) is 12.2 Å². The van der Waals surface area contributed by atoms with E-state index in [0.29, 0.717) is 0 Å². The van der Waals surface area contributed by atoms with Gasteiger partial charge in [-0.1, -0.05) is 6.58 Å². The number of alkyl halides is 4. The second-order valence-electron chi connectivity index (χ2n) is 2.97. The number of carboxylic acids is 1. The Morgan fingerprint density at radius 2 is 1.50 bits per heavy atom. The zero-order chi connectivity index (χ0) is 13.7. The second-order valence-corrected chi connectivity index (χ2v) is 2.97. The molecule has 96 valence electrons. The fraction of sp³-hybridized carbons (Fsp3) is 0.625. The summed E-state index contributed by atoms with van der Waals surface area (Å²) in [4.78, 5) is 9.60. The molecule has 0 saturated heterocycles. The van der Waals surface area contributed by atoms with E-state index in [0.717, 1.165) is 0 Å². The van der Waals surface area contributed by atoms with Gasteiger partial charge in [-0.15, -0.1) is 0 Å². The molecule has 0 heterocycles. The van der Waals surface area contributed by atoms with Gasteiger partial charge in [0.05, 0.1) is 0 Å². The highest BCUT2D eigenvalue weighted by atomic mass is 19.3. The molecule has 0 rings (SSSR count). The standard InChI is InChI=1S/C4H6F4O2.C4H6O2/c1-3(5,6)4(7,8)2(9)10;1-3(2)4(5)6/h2,9-10H,1H3;1H2,2H3,(H,5,6). The molecule has 0 saturated carbocycles. The molecule has 0 aromatic heterocycles. The summed E-state index contributed by atoms with van der Waals surface area (Å²) >= 11 is 0. The number of halogens is 4. The lowest BCUT2D eigenvalue weighted by Crippen LogP contribution is -2.47. The molecule has 0 bridgehead atoms. The van der Waals surface area contributed by atoms with Crippen molar-refractivity contribution in [2.24, 2.45) is 0 Å². The summed E-state index contributed by atoms with van der Waals surface area (Å²) in [6.07, 6.45) is -3.33. The van der Waals surface area contributed by atoms with Crippen LogP contribution in [-0.2, 0) is 4.79 Å². The Kier molecular flexibility index (Phi) is 6.26. The van der Waals surface area contributed by atoms with Crippen molar-refractivity contribution in [1.82, 2.24) is 0 Å². The van der Waals surface area contributed by atoms with E-state index in [1.165, 1.54) is 6.92 Å². The van der Waals surface area contributed by atoms with Crippen LogP contribution in [0.25, 0.3) is 0 Å². The third kappa shape index (κ3) is 5.66. The van der Waals surface area contributed by atoms with Crippen molar-refractivity contribution in [1.29, 1.82) is 0 Å². The monoisotopic (exact) mass is 248 g/mol. The Hall–Kier alpha value is -1.15. The van der Waals surface area contributed by atoms with Gasteiger partial charge in [0.2, 0.25) is 6.29 Å². The first-order valence-corrected chi connectivity index (χ1v) is 3.84. The van der Waals surface area contributed by atoms with Crippen LogP contribution in [0, 0.1) is 0 Å². The smallest absolute Gasteiger partial charge is 0.358 e.